The summed E-state index contributed by atoms with van der Waals surface area (Å²) in [7, 11) is 0. The number of nitriles is 1. The monoisotopic (exact) mass is 281 g/mol. The van der Waals surface area contributed by atoms with E-state index in [1.165, 1.54) is 12.7 Å². The van der Waals surface area contributed by atoms with Crippen molar-refractivity contribution in [3.05, 3.63) is 35.6 Å². The summed E-state index contributed by atoms with van der Waals surface area (Å²) in [6, 6.07) is 8.46. The van der Waals surface area contributed by atoms with Crippen LogP contribution in [0.4, 0.5) is 0 Å². The maximum absolute atomic E-state index is 12.4. The van der Waals surface area contributed by atoms with Crippen molar-refractivity contribution in [2.45, 2.75) is 37.4 Å². The van der Waals surface area contributed by atoms with E-state index in [1.807, 2.05) is 0 Å². The molecular formula is C16H15N3O2. The molecule has 0 unspecified atom stereocenters. The number of hydrogen-bond donors (Lipinski definition) is 2. The predicted molar refractivity (Wildman–Crippen MR) is 76.7 cm³/mol. The average Bonchev–Trinajstić information content (AvgIpc) is 3.21. The molecule has 2 aliphatic heterocycles. The quantitative estimate of drug-likeness (QED) is 0.881. The summed E-state index contributed by atoms with van der Waals surface area (Å²) in [6.45, 7) is 0. The van der Waals surface area contributed by atoms with E-state index in [9.17, 15) is 4.79 Å². The molecule has 2 aliphatic rings. The number of nitrogens with zero attached hydrogens (tertiary/aromatic N) is 1. The number of fused-ring (bicyclic) bond motifs is 3. The highest BCUT2D eigenvalue weighted by atomic mass is 16.3. The second-order valence-electron chi connectivity index (χ2n) is 5.84. The van der Waals surface area contributed by atoms with Crippen molar-refractivity contribution in [3.8, 4) is 6.07 Å². The molecule has 0 saturated carbocycles. The molecule has 5 heteroatoms. The fourth-order valence-electron chi connectivity index (χ4n) is 3.49. The van der Waals surface area contributed by atoms with Gasteiger partial charge in [0.05, 0.1) is 5.56 Å². The van der Waals surface area contributed by atoms with Crippen LogP contribution in [0.25, 0.3) is 11.0 Å². The molecule has 1 amide bonds. The van der Waals surface area contributed by atoms with Crippen LogP contribution in [0.15, 0.2) is 28.9 Å². The zero-order valence-corrected chi connectivity index (χ0v) is 11.4. The largest absolute Gasteiger partial charge is 0.463 e. The van der Waals surface area contributed by atoms with Crippen LogP contribution in [0.3, 0.4) is 0 Å². The van der Waals surface area contributed by atoms with Crippen LogP contribution < -0.4 is 10.6 Å². The molecule has 2 N–H and O–H groups in total. The third-order valence-electron chi connectivity index (χ3n) is 4.57. The maximum atomic E-state index is 12.4. The highest BCUT2D eigenvalue weighted by Crippen LogP contribution is 2.28. The number of amides is 1. The van der Waals surface area contributed by atoms with E-state index in [2.05, 4.69) is 16.7 Å². The molecule has 3 atom stereocenters. The van der Waals surface area contributed by atoms with Crippen molar-refractivity contribution in [3.63, 3.8) is 0 Å². The van der Waals surface area contributed by atoms with Gasteiger partial charge in [-0.1, -0.05) is 0 Å². The predicted octanol–water partition coefficient (Wildman–Crippen LogP) is 1.93. The Kier molecular flexibility index (Phi) is 2.72. The van der Waals surface area contributed by atoms with E-state index in [0.29, 0.717) is 34.2 Å². The lowest BCUT2D eigenvalue weighted by Gasteiger charge is -2.21. The molecule has 1 aromatic carbocycles. The molecule has 2 fully saturated rings. The first-order valence-corrected chi connectivity index (χ1v) is 7.23. The van der Waals surface area contributed by atoms with Crippen molar-refractivity contribution in [2.75, 3.05) is 0 Å². The van der Waals surface area contributed by atoms with Crippen LogP contribution in [-0.4, -0.2) is 24.0 Å². The van der Waals surface area contributed by atoms with Crippen molar-refractivity contribution in [1.29, 1.82) is 5.26 Å². The lowest BCUT2D eigenvalue weighted by atomic mass is 9.95. The van der Waals surface area contributed by atoms with E-state index in [4.69, 9.17) is 9.68 Å². The minimum atomic E-state index is -0.0821. The Labute approximate surface area is 121 Å². The van der Waals surface area contributed by atoms with Crippen molar-refractivity contribution in [2.24, 2.45) is 0 Å². The number of furan rings is 1. The van der Waals surface area contributed by atoms with Gasteiger partial charge in [-0.15, -0.1) is 0 Å². The Morgan fingerprint density at radius 1 is 1.43 bits per heavy atom. The fourth-order valence-corrected chi connectivity index (χ4v) is 3.49. The van der Waals surface area contributed by atoms with Crippen LogP contribution in [0, 0.1) is 11.3 Å². The van der Waals surface area contributed by atoms with Crippen LogP contribution in [0.2, 0.25) is 0 Å². The number of hydrogen-bond acceptors (Lipinski definition) is 4. The van der Waals surface area contributed by atoms with Gasteiger partial charge < -0.3 is 15.1 Å². The molecule has 106 valence electrons. The number of benzene rings is 1. The van der Waals surface area contributed by atoms with E-state index >= 15 is 0 Å². The molecule has 0 spiro atoms. The lowest BCUT2D eigenvalue weighted by Crippen LogP contribution is -2.42. The summed E-state index contributed by atoms with van der Waals surface area (Å²) < 4.78 is 5.28. The van der Waals surface area contributed by atoms with Crippen molar-refractivity contribution >= 4 is 16.9 Å². The molecule has 1 aromatic heterocycles. The summed E-state index contributed by atoms with van der Waals surface area (Å²) >= 11 is 0. The third kappa shape index (κ3) is 1.99. The molecule has 21 heavy (non-hydrogen) atoms. The van der Waals surface area contributed by atoms with Gasteiger partial charge in [-0.2, -0.15) is 5.26 Å². The van der Waals surface area contributed by atoms with Gasteiger partial charge >= 0.3 is 0 Å². The van der Waals surface area contributed by atoms with Gasteiger partial charge in [-0.05, 0) is 37.5 Å². The van der Waals surface area contributed by atoms with Crippen LogP contribution >= 0.6 is 0 Å². The smallest absolute Gasteiger partial charge is 0.251 e. The fraction of sp³-hybridized carbons (Fsp3) is 0.375. The van der Waals surface area contributed by atoms with Gasteiger partial charge in [0, 0.05) is 29.1 Å². The first kappa shape index (κ1) is 12.4. The molecule has 2 bridgehead atoms. The highest BCUT2D eigenvalue weighted by Gasteiger charge is 2.39. The third-order valence-corrected chi connectivity index (χ3v) is 4.57. The van der Waals surface area contributed by atoms with Gasteiger partial charge in [0.1, 0.15) is 17.9 Å². The summed E-state index contributed by atoms with van der Waals surface area (Å²) in [4.78, 5) is 12.4. The first-order valence-electron chi connectivity index (χ1n) is 7.23. The van der Waals surface area contributed by atoms with E-state index < -0.39 is 0 Å². The molecule has 0 aliphatic carbocycles. The highest BCUT2D eigenvalue weighted by molar-refractivity contribution is 5.99. The summed E-state index contributed by atoms with van der Waals surface area (Å²) in [5, 5.41) is 16.3. The van der Waals surface area contributed by atoms with Crippen LogP contribution in [0.5, 0.6) is 0 Å². The molecule has 4 rings (SSSR count). The van der Waals surface area contributed by atoms with Gasteiger partial charge in [0.25, 0.3) is 5.91 Å². The topological polar surface area (TPSA) is 78.1 Å². The Hall–Kier alpha value is -2.32. The van der Waals surface area contributed by atoms with Crippen LogP contribution in [-0.2, 0) is 0 Å². The second-order valence-corrected chi connectivity index (χ2v) is 5.84. The number of carbonyl (C=O) groups excluding carboxylic acids is 1. The molecular weight excluding hydrogens is 266 g/mol. The van der Waals surface area contributed by atoms with E-state index in [-0.39, 0.29) is 11.9 Å². The minimum absolute atomic E-state index is 0.0821. The van der Waals surface area contributed by atoms with Crippen molar-refractivity contribution < 1.29 is 9.21 Å². The average molecular weight is 281 g/mol. The Bertz CT molecular complexity index is 758. The summed E-state index contributed by atoms with van der Waals surface area (Å²) in [5.74, 6) is -0.0821. The SMILES string of the molecule is N#Cc1coc2ccc(C(=O)N[C@@H]3C[C@H]4CC[C@@H]3N4)cc12. The van der Waals surface area contributed by atoms with E-state index in [0.717, 1.165) is 12.8 Å². The van der Waals surface area contributed by atoms with Gasteiger partial charge in [-0.25, -0.2) is 0 Å². The molecule has 0 radical (unpaired) electrons. The summed E-state index contributed by atoms with van der Waals surface area (Å²) in [5.41, 5.74) is 1.66. The normalized spacial score (nSPS) is 26.9. The van der Waals surface area contributed by atoms with Gasteiger partial charge in [0.15, 0.2) is 0 Å². The number of carbonyl (C=O) groups is 1. The molecule has 3 heterocycles. The second kappa shape index (κ2) is 4.61. The Morgan fingerprint density at radius 2 is 2.33 bits per heavy atom. The van der Waals surface area contributed by atoms with Gasteiger partial charge in [0.2, 0.25) is 0 Å². The minimum Gasteiger partial charge on any atom is -0.463 e. The van der Waals surface area contributed by atoms with Crippen LogP contribution in [0.1, 0.15) is 35.2 Å². The van der Waals surface area contributed by atoms with Gasteiger partial charge in [-0.3, -0.25) is 4.79 Å². The van der Waals surface area contributed by atoms with Crippen molar-refractivity contribution in [1.82, 2.24) is 10.6 Å². The number of rotatable bonds is 2. The lowest BCUT2D eigenvalue weighted by molar-refractivity contribution is 0.0931. The molecule has 2 saturated heterocycles. The van der Waals surface area contributed by atoms with E-state index in [1.54, 1.807) is 18.2 Å². The molecule has 2 aromatic rings. The zero-order valence-electron chi connectivity index (χ0n) is 11.4. The first-order chi connectivity index (χ1) is 10.2. The maximum Gasteiger partial charge on any atom is 0.251 e. The standard InChI is InChI=1S/C16H15N3O2/c17-7-10-8-21-15-4-1-9(5-12(10)15)16(20)19-14-6-11-2-3-13(14)18-11/h1,4-5,8,11,13-14,18H,2-3,6H2,(H,19,20)/t11-,13+,14-/m1/s1. The zero-order chi connectivity index (χ0) is 14.4. The number of nitrogens with one attached hydrogen (secondary N) is 2. The Morgan fingerprint density at radius 3 is 3.05 bits per heavy atom. The molecule has 5 nitrogen and oxygen atoms in total. The Balaban J connectivity index is 1.58. The summed E-state index contributed by atoms with van der Waals surface area (Å²) in [6.07, 6.45) is 4.78.